The average Bonchev–Trinajstić information content (AvgIpc) is 2.63. The molecule has 0 amide bonds. The number of aromatic nitrogens is 2. The largest absolute Gasteiger partial charge is 0.491 e. The van der Waals surface area contributed by atoms with Crippen LogP contribution in [0.3, 0.4) is 0 Å². The highest BCUT2D eigenvalue weighted by Gasteiger charge is 2.04. The van der Waals surface area contributed by atoms with Crippen molar-refractivity contribution in [2.45, 2.75) is 0 Å². The minimum atomic E-state index is -0.353. The normalized spacial score (nSPS) is 10.3. The minimum Gasteiger partial charge on any atom is -0.491 e. The zero-order valence-corrected chi connectivity index (χ0v) is 13.3. The van der Waals surface area contributed by atoms with Gasteiger partial charge in [-0.3, -0.25) is 0 Å². The molecule has 7 heteroatoms. The molecule has 0 spiro atoms. The summed E-state index contributed by atoms with van der Waals surface area (Å²) in [5.41, 5.74) is 1.16. The monoisotopic (exact) mass is 340 g/mol. The molecule has 0 aliphatic rings. The number of para-hydroxylation sites is 1. The molecule has 0 aliphatic carbocycles. The van der Waals surface area contributed by atoms with Gasteiger partial charge in [0.1, 0.15) is 36.1 Å². The fraction of sp³-hybridized carbons (Fsp3) is 0.111. The number of aliphatic hydroxyl groups excluding tert-OH is 1. The number of nitrogens with zero attached hydrogens (tertiary/aromatic N) is 2. The molecule has 1 aromatic heterocycles. The quantitative estimate of drug-likeness (QED) is 0.611. The Kier molecular flexibility index (Phi) is 5.38. The Morgan fingerprint density at radius 1 is 0.960 bits per heavy atom. The number of rotatable bonds is 7. The lowest BCUT2D eigenvalue weighted by Gasteiger charge is -2.10. The Labute approximate surface area is 144 Å². The third-order valence-electron chi connectivity index (χ3n) is 3.29. The van der Waals surface area contributed by atoms with E-state index in [9.17, 15) is 4.39 Å². The summed E-state index contributed by atoms with van der Waals surface area (Å²) in [6.07, 6.45) is 1.39. The smallest absolute Gasteiger partial charge is 0.146 e. The van der Waals surface area contributed by atoms with E-state index in [4.69, 9.17) is 9.84 Å². The van der Waals surface area contributed by atoms with Crippen LogP contribution < -0.4 is 15.4 Å². The molecule has 128 valence electrons. The van der Waals surface area contributed by atoms with E-state index in [1.165, 1.54) is 12.4 Å². The zero-order chi connectivity index (χ0) is 17.5. The third-order valence-corrected chi connectivity index (χ3v) is 3.29. The van der Waals surface area contributed by atoms with E-state index < -0.39 is 0 Å². The van der Waals surface area contributed by atoms with Gasteiger partial charge in [-0.05, 0) is 36.4 Å². The van der Waals surface area contributed by atoms with Crippen LogP contribution in [-0.2, 0) is 0 Å². The summed E-state index contributed by atoms with van der Waals surface area (Å²) in [6.45, 7) is 0.225. The molecule has 3 rings (SSSR count). The lowest BCUT2D eigenvalue weighted by atomic mass is 10.3. The first-order chi connectivity index (χ1) is 12.2. The van der Waals surface area contributed by atoms with Crippen molar-refractivity contribution in [3.8, 4) is 5.75 Å². The number of anilines is 4. The van der Waals surface area contributed by atoms with Crippen LogP contribution in [0.5, 0.6) is 5.75 Å². The van der Waals surface area contributed by atoms with E-state index in [1.807, 2.05) is 12.1 Å². The second-order valence-electron chi connectivity index (χ2n) is 5.11. The molecule has 1 heterocycles. The van der Waals surface area contributed by atoms with Gasteiger partial charge in [0.2, 0.25) is 0 Å². The third kappa shape index (κ3) is 4.65. The molecule has 0 radical (unpaired) electrons. The van der Waals surface area contributed by atoms with Crippen LogP contribution in [0.15, 0.2) is 60.9 Å². The van der Waals surface area contributed by atoms with Crippen LogP contribution in [0.4, 0.5) is 27.4 Å². The van der Waals surface area contributed by atoms with Crippen molar-refractivity contribution in [2.75, 3.05) is 23.8 Å². The number of hydrogen-bond acceptors (Lipinski definition) is 6. The molecular formula is C18H17FN4O2. The molecule has 0 saturated carbocycles. The van der Waals surface area contributed by atoms with Crippen LogP contribution in [0.25, 0.3) is 0 Å². The lowest BCUT2D eigenvalue weighted by molar-refractivity contribution is 0.201. The number of benzene rings is 2. The summed E-state index contributed by atoms with van der Waals surface area (Å²) in [4.78, 5) is 8.24. The van der Waals surface area contributed by atoms with Gasteiger partial charge in [-0.25, -0.2) is 14.4 Å². The molecule has 0 fully saturated rings. The van der Waals surface area contributed by atoms with Crippen molar-refractivity contribution in [2.24, 2.45) is 0 Å². The number of ether oxygens (including phenoxy) is 1. The zero-order valence-electron chi connectivity index (χ0n) is 13.3. The molecule has 2 aromatic carbocycles. The predicted octanol–water partition coefficient (Wildman–Crippen LogP) is 3.47. The molecule has 6 nitrogen and oxygen atoms in total. The van der Waals surface area contributed by atoms with Gasteiger partial charge >= 0.3 is 0 Å². The first-order valence-corrected chi connectivity index (χ1v) is 7.69. The molecule has 25 heavy (non-hydrogen) atoms. The van der Waals surface area contributed by atoms with Gasteiger partial charge < -0.3 is 20.5 Å². The van der Waals surface area contributed by atoms with Gasteiger partial charge in [0.05, 0.1) is 12.3 Å². The number of halogens is 1. The molecule has 0 atom stereocenters. The molecule has 3 N–H and O–H groups in total. The highest BCUT2D eigenvalue weighted by atomic mass is 19.1. The van der Waals surface area contributed by atoms with E-state index in [0.717, 1.165) is 5.69 Å². The highest BCUT2D eigenvalue weighted by Crippen LogP contribution is 2.22. The van der Waals surface area contributed by atoms with Crippen molar-refractivity contribution < 1.29 is 14.2 Å². The summed E-state index contributed by atoms with van der Waals surface area (Å²) in [5.74, 6) is 1.36. The summed E-state index contributed by atoms with van der Waals surface area (Å²) < 4.78 is 19.0. The molecule has 3 aromatic rings. The van der Waals surface area contributed by atoms with Gasteiger partial charge in [0, 0.05) is 11.8 Å². The highest BCUT2D eigenvalue weighted by molar-refractivity contribution is 5.63. The van der Waals surface area contributed by atoms with Crippen molar-refractivity contribution in [3.05, 3.63) is 66.7 Å². The van der Waals surface area contributed by atoms with Crippen LogP contribution in [-0.4, -0.2) is 28.3 Å². The van der Waals surface area contributed by atoms with E-state index in [0.29, 0.717) is 23.1 Å². The summed E-state index contributed by atoms with van der Waals surface area (Å²) in [7, 11) is 0. The lowest BCUT2D eigenvalue weighted by Crippen LogP contribution is -2.02. The van der Waals surface area contributed by atoms with Crippen molar-refractivity contribution in [3.63, 3.8) is 0 Å². The first kappa shape index (κ1) is 16.7. The maximum absolute atomic E-state index is 13.7. The summed E-state index contributed by atoms with van der Waals surface area (Å²) in [6, 6.07) is 15.3. The van der Waals surface area contributed by atoms with Crippen LogP contribution in [0.1, 0.15) is 0 Å². The SMILES string of the molecule is OCCOc1ccc(Nc2cc(Nc3ccccc3F)ncn2)cc1. The minimum absolute atomic E-state index is 0.0290. The van der Waals surface area contributed by atoms with Gasteiger partial charge in [-0.1, -0.05) is 12.1 Å². The number of nitrogens with one attached hydrogen (secondary N) is 2. The molecule has 0 saturated heterocycles. The number of hydrogen-bond donors (Lipinski definition) is 3. The number of aliphatic hydroxyl groups is 1. The summed E-state index contributed by atoms with van der Waals surface area (Å²) in [5, 5.41) is 14.8. The van der Waals surface area contributed by atoms with Gasteiger partial charge in [0.15, 0.2) is 0 Å². The van der Waals surface area contributed by atoms with Crippen molar-refractivity contribution in [1.29, 1.82) is 0 Å². The van der Waals surface area contributed by atoms with Gasteiger partial charge in [0.25, 0.3) is 0 Å². The van der Waals surface area contributed by atoms with E-state index in [1.54, 1.807) is 36.4 Å². The Balaban J connectivity index is 1.68. The fourth-order valence-corrected chi connectivity index (χ4v) is 2.14. The topological polar surface area (TPSA) is 79.3 Å². The van der Waals surface area contributed by atoms with Gasteiger partial charge in [-0.15, -0.1) is 0 Å². The maximum atomic E-state index is 13.7. The van der Waals surface area contributed by atoms with Gasteiger partial charge in [-0.2, -0.15) is 0 Å². The molecule has 0 unspecified atom stereocenters. The molecule has 0 aliphatic heterocycles. The molecular weight excluding hydrogens is 323 g/mol. The Bertz CT molecular complexity index is 827. The van der Waals surface area contributed by atoms with Crippen LogP contribution >= 0.6 is 0 Å². The van der Waals surface area contributed by atoms with Crippen LogP contribution in [0.2, 0.25) is 0 Å². The van der Waals surface area contributed by atoms with E-state index >= 15 is 0 Å². The van der Waals surface area contributed by atoms with Crippen molar-refractivity contribution in [1.82, 2.24) is 9.97 Å². The standard InChI is InChI=1S/C18H17FN4O2/c19-15-3-1-2-4-16(15)23-18-11-17(20-12-21-18)22-13-5-7-14(8-6-13)25-10-9-24/h1-8,11-12,24H,9-10H2,(H2,20,21,22,23). The van der Waals surface area contributed by atoms with Crippen LogP contribution in [0, 0.1) is 5.82 Å². The van der Waals surface area contributed by atoms with E-state index in [2.05, 4.69) is 20.6 Å². The first-order valence-electron chi connectivity index (χ1n) is 7.69. The Morgan fingerprint density at radius 3 is 2.40 bits per heavy atom. The molecule has 0 bridgehead atoms. The fourth-order valence-electron chi connectivity index (χ4n) is 2.14. The predicted molar refractivity (Wildman–Crippen MR) is 94.0 cm³/mol. The Morgan fingerprint density at radius 2 is 1.68 bits per heavy atom. The second-order valence-corrected chi connectivity index (χ2v) is 5.11. The van der Waals surface area contributed by atoms with Crippen molar-refractivity contribution >= 4 is 23.0 Å². The second kappa shape index (κ2) is 8.07. The van der Waals surface area contributed by atoms with E-state index in [-0.39, 0.29) is 19.0 Å². The summed E-state index contributed by atoms with van der Waals surface area (Å²) >= 11 is 0. The Hall–Kier alpha value is -3.19. The maximum Gasteiger partial charge on any atom is 0.146 e. The average molecular weight is 340 g/mol.